The number of aromatic hydroxyl groups is 1. The summed E-state index contributed by atoms with van der Waals surface area (Å²) in [6.07, 6.45) is 4.88. The first-order valence-electron chi connectivity index (χ1n) is 9.42. The van der Waals surface area contributed by atoms with Crippen molar-refractivity contribution in [1.29, 1.82) is 0 Å². The number of carbonyl (C=O) groups is 3. The van der Waals surface area contributed by atoms with Gasteiger partial charge >= 0.3 is 6.03 Å². The zero-order valence-corrected chi connectivity index (χ0v) is 15.3. The lowest BCUT2D eigenvalue weighted by Gasteiger charge is -2.29. The number of para-hydroxylation sites is 2. The Labute approximate surface area is 162 Å². The molecule has 1 fully saturated rings. The van der Waals surface area contributed by atoms with Gasteiger partial charge in [-0.25, -0.2) is 4.79 Å². The second-order valence-corrected chi connectivity index (χ2v) is 7.13. The van der Waals surface area contributed by atoms with Gasteiger partial charge in [0.15, 0.2) is 0 Å². The number of imide groups is 1. The van der Waals surface area contributed by atoms with Crippen LogP contribution >= 0.6 is 0 Å². The molecule has 2 aromatic rings. The minimum Gasteiger partial charge on any atom is -0.506 e. The molecule has 4 amide bonds. The maximum Gasteiger partial charge on any atom is 0.323 e. The van der Waals surface area contributed by atoms with Crippen molar-refractivity contribution < 1.29 is 19.5 Å². The van der Waals surface area contributed by atoms with Crippen molar-refractivity contribution in [3.05, 3.63) is 53.6 Å². The van der Waals surface area contributed by atoms with Crippen LogP contribution in [0.25, 0.3) is 0 Å². The van der Waals surface area contributed by atoms with Gasteiger partial charge < -0.3 is 15.7 Å². The number of hydrogen-bond acceptors (Lipinski definition) is 4. The molecule has 0 atom stereocenters. The van der Waals surface area contributed by atoms with Crippen LogP contribution in [0.5, 0.6) is 5.75 Å². The molecule has 1 heterocycles. The van der Waals surface area contributed by atoms with E-state index in [1.807, 2.05) is 0 Å². The Morgan fingerprint density at radius 1 is 0.929 bits per heavy atom. The number of rotatable bonds is 3. The summed E-state index contributed by atoms with van der Waals surface area (Å²) in [5.74, 6) is -0.593. The Kier molecular flexibility index (Phi) is 4.73. The monoisotopic (exact) mass is 379 g/mol. The number of amides is 4. The minimum atomic E-state index is -0.553. The molecule has 28 heavy (non-hydrogen) atoms. The fraction of sp³-hybridized carbons (Fsp3) is 0.286. The van der Waals surface area contributed by atoms with Crippen molar-refractivity contribution in [3.63, 3.8) is 0 Å². The van der Waals surface area contributed by atoms with Gasteiger partial charge in [-0.2, -0.15) is 0 Å². The Hall–Kier alpha value is -3.35. The van der Waals surface area contributed by atoms with E-state index < -0.39 is 6.03 Å². The third kappa shape index (κ3) is 3.31. The number of phenolic OH excluding ortho intramolecular Hbond substituents is 1. The zero-order valence-electron chi connectivity index (χ0n) is 15.3. The molecule has 4 rings (SSSR count). The molecule has 0 radical (unpaired) electrons. The molecule has 0 aromatic heterocycles. The highest BCUT2D eigenvalue weighted by molar-refractivity contribution is 6.22. The molecule has 0 saturated heterocycles. The fourth-order valence-corrected chi connectivity index (χ4v) is 3.87. The van der Waals surface area contributed by atoms with E-state index in [4.69, 9.17) is 0 Å². The van der Waals surface area contributed by atoms with Crippen molar-refractivity contribution in [2.75, 3.05) is 10.6 Å². The predicted octanol–water partition coefficient (Wildman–Crippen LogP) is 3.96. The molecule has 7 nitrogen and oxygen atoms in total. The van der Waals surface area contributed by atoms with E-state index in [0.717, 1.165) is 32.1 Å². The second kappa shape index (κ2) is 7.34. The molecule has 0 spiro atoms. The molecular formula is C21H21N3O4. The average Bonchev–Trinajstić information content (AvgIpc) is 2.94. The van der Waals surface area contributed by atoms with Crippen molar-refractivity contribution >= 4 is 29.2 Å². The SMILES string of the molecule is O=C(Nc1ccc2c(c1)C(=O)N(C1CCCCC1)C2=O)Nc1ccccc1O. The zero-order chi connectivity index (χ0) is 19.7. The quantitative estimate of drug-likeness (QED) is 0.555. The molecule has 1 aliphatic carbocycles. The van der Waals surface area contributed by atoms with Crippen molar-refractivity contribution in [2.24, 2.45) is 0 Å². The summed E-state index contributed by atoms with van der Waals surface area (Å²) < 4.78 is 0. The lowest BCUT2D eigenvalue weighted by atomic mass is 9.94. The predicted molar refractivity (Wildman–Crippen MR) is 105 cm³/mol. The van der Waals surface area contributed by atoms with Gasteiger partial charge in [0.1, 0.15) is 5.75 Å². The molecule has 1 saturated carbocycles. The Bertz CT molecular complexity index is 950. The van der Waals surface area contributed by atoms with Crippen LogP contribution in [0.3, 0.4) is 0 Å². The number of fused-ring (bicyclic) bond motifs is 1. The van der Waals surface area contributed by atoms with Crippen LogP contribution < -0.4 is 10.6 Å². The number of nitrogens with zero attached hydrogens (tertiary/aromatic N) is 1. The number of nitrogens with one attached hydrogen (secondary N) is 2. The molecule has 1 aliphatic heterocycles. The van der Waals surface area contributed by atoms with Crippen LogP contribution in [0.2, 0.25) is 0 Å². The number of carbonyl (C=O) groups excluding carboxylic acids is 3. The van der Waals surface area contributed by atoms with Gasteiger partial charge in [0.05, 0.1) is 16.8 Å². The highest BCUT2D eigenvalue weighted by Gasteiger charge is 2.40. The van der Waals surface area contributed by atoms with E-state index in [2.05, 4.69) is 10.6 Å². The highest BCUT2D eigenvalue weighted by Crippen LogP contribution is 2.32. The number of urea groups is 1. The number of anilines is 2. The van der Waals surface area contributed by atoms with Crippen LogP contribution in [0.15, 0.2) is 42.5 Å². The molecule has 2 aromatic carbocycles. The first-order valence-corrected chi connectivity index (χ1v) is 9.42. The van der Waals surface area contributed by atoms with Gasteiger partial charge in [-0.05, 0) is 43.2 Å². The summed E-state index contributed by atoms with van der Waals surface area (Å²) in [5.41, 5.74) is 1.37. The Balaban J connectivity index is 1.50. The van der Waals surface area contributed by atoms with Crippen molar-refractivity contribution in [2.45, 2.75) is 38.1 Å². The lowest BCUT2D eigenvalue weighted by molar-refractivity contribution is 0.0549. The van der Waals surface area contributed by atoms with Crippen molar-refractivity contribution in [1.82, 2.24) is 4.90 Å². The Morgan fingerprint density at radius 3 is 2.39 bits per heavy atom. The number of benzene rings is 2. The number of phenols is 1. The third-order valence-corrected chi connectivity index (χ3v) is 5.27. The van der Waals surface area contributed by atoms with Gasteiger partial charge in [-0.1, -0.05) is 31.4 Å². The molecule has 2 aliphatic rings. The average molecular weight is 379 g/mol. The first-order chi connectivity index (χ1) is 13.5. The van der Waals surface area contributed by atoms with Gasteiger partial charge in [-0.15, -0.1) is 0 Å². The summed E-state index contributed by atoms with van der Waals surface area (Å²) in [6.45, 7) is 0. The molecule has 144 valence electrons. The van der Waals surface area contributed by atoms with E-state index in [0.29, 0.717) is 16.8 Å². The smallest absolute Gasteiger partial charge is 0.323 e. The van der Waals surface area contributed by atoms with Crippen molar-refractivity contribution in [3.8, 4) is 5.75 Å². The van der Waals surface area contributed by atoms with E-state index in [-0.39, 0.29) is 29.3 Å². The largest absolute Gasteiger partial charge is 0.506 e. The molecule has 0 unspecified atom stereocenters. The van der Waals surface area contributed by atoms with Crippen LogP contribution in [0.4, 0.5) is 16.2 Å². The van der Waals surface area contributed by atoms with Gasteiger partial charge in [-0.3, -0.25) is 14.5 Å². The molecular weight excluding hydrogens is 358 g/mol. The topological polar surface area (TPSA) is 98.7 Å². The van der Waals surface area contributed by atoms with E-state index >= 15 is 0 Å². The number of hydrogen-bond donors (Lipinski definition) is 3. The summed E-state index contributed by atoms with van der Waals surface area (Å²) in [5, 5.41) is 14.9. The maximum absolute atomic E-state index is 12.8. The second-order valence-electron chi connectivity index (χ2n) is 7.13. The van der Waals surface area contributed by atoms with Crippen LogP contribution in [-0.2, 0) is 0 Å². The lowest BCUT2D eigenvalue weighted by Crippen LogP contribution is -2.40. The van der Waals surface area contributed by atoms with E-state index in [9.17, 15) is 19.5 Å². The maximum atomic E-state index is 12.8. The first kappa shape index (κ1) is 18.0. The van der Waals surface area contributed by atoms with Gasteiger partial charge in [0.2, 0.25) is 0 Å². The standard InChI is InChI=1S/C21H21N3O4/c25-18-9-5-4-8-17(18)23-21(28)22-13-10-11-15-16(12-13)20(27)24(19(15)26)14-6-2-1-3-7-14/h4-5,8-12,14,25H,1-3,6-7H2,(H2,22,23,28). The van der Waals surface area contributed by atoms with E-state index in [1.54, 1.807) is 30.3 Å². The Morgan fingerprint density at radius 2 is 1.64 bits per heavy atom. The van der Waals surface area contributed by atoms with Gasteiger partial charge in [0, 0.05) is 11.7 Å². The van der Waals surface area contributed by atoms with Gasteiger partial charge in [0.25, 0.3) is 11.8 Å². The molecule has 0 bridgehead atoms. The molecule has 3 N–H and O–H groups in total. The molecule has 7 heteroatoms. The van der Waals surface area contributed by atoms with Crippen LogP contribution in [0, 0.1) is 0 Å². The third-order valence-electron chi connectivity index (χ3n) is 5.27. The normalized spacial score (nSPS) is 16.8. The van der Waals surface area contributed by atoms with E-state index in [1.165, 1.54) is 17.0 Å². The van der Waals surface area contributed by atoms with Crippen LogP contribution in [0.1, 0.15) is 52.8 Å². The summed E-state index contributed by atoms with van der Waals surface area (Å²) in [7, 11) is 0. The summed E-state index contributed by atoms with van der Waals surface area (Å²) in [6, 6.07) is 10.5. The van der Waals surface area contributed by atoms with Crippen LogP contribution in [-0.4, -0.2) is 33.9 Å². The summed E-state index contributed by atoms with van der Waals surface area (Å²) >= 11 is 0. The summed E-state index contributed by atoms with van der Waals surface area (Å²) in [4.78, 5) is 39.1. The minimum absolute atomic E-state index is 0.0399. The fourth-order valence-electron chi connectivity index (χ4n) is 3.87. The highest BCUT2D eigenvalue weighted by atomic mass is 16.3.